The molecular weight excluding hydrogens is 508 g/mol. The summed E-state index contributed by atoms with van der Waals surface area (Å²) in [4.78, 5) is 42.2. The van der Waals surface area contributed by atoms with E-state index in [1.807, 2.05) is 103 Å². The van der Waals surface area contributed by atoms with Crippen LogP contribution in [0.5, 0.6) is 0 Å². The van der Waals surface area contributed by atoms with Crippen LogP contribution in [0.3, 0.4) is 0 Å². The molecule has 0 saturated heterocycles. The molecule has 0 bridgehead atoms. The highest BCUT2D eigenvalue weighted by molar-refractivity contribution is 6.22. The summed E-state index contributed by atoms with van der Waals surface area (Å²) in [5.41, 5.74) is 5.46. The van der Waals surface area contributed by atoms with Crippen LogP contribution in [0.4, 0.5) is 0 Å². The summed E-state index contributed by atoms with van der Waals surface area (Å²) in [5, 5.41) is 3.19. The molecule has 1 aliphatic heterocycles. The van der Waals surface area contributed by atoms with E-state index in [1.54, 1.807) is 24.3 Å². The van der Waals surface area contributed by atoms with Crippen LogP contribution in [-0.4, -0.2) is 28.7 Å². The van der Waals surface area contributed by atoms with E-state index in [0.717, 1.165) is 32.7 Å². The molecule has 5 aromatic rings. The highest BCUT2D eigenvalue weighted by Gasteiger charge is 2.43. The summed E-state index contributed by atoms with van der Waals surface area (Å²) in [6, 6.07) is 42.6. The number of hydrogen-bond donors (Lipinski definition) is 1. The van der Waals surface area contributed by atoms with E-state index in [2.05, 4.69) is 17.4 Å². The Labute approximate surface area is 239 Å². The summed E-state index contributed by atoms with van der Waals surface area (Å²) < 4.78 is 0. The summed E-state index contributed by atoms with van der Waals surface area (Å²) in [6.45, 7) is 0. The van der Waals surface area contributed by atoms with Gasteiger partial charge < -0.3 is 5.32 Å². The fourth-order valence-corrected chi connectivity index (χ4v) is 5.37. The first-order valence-electron chi connectivity index (χ1n) is 13.6. The lowest BCUT2D eigenvalue weighted by Crippen LogP contribution is -2.51. The zero-order chi connectivity index (χ0) is 28.2. The Balaban J connectivity index is 1.35. The Hall–Kier alpha value is -5.29. The van der Waals surface area contributed by atoms with Gasteiger partial charge in [0.1, 0.15) is 6.04 Å². The van der Waals surface area contributed by atoms with Gasteiger partial charge in [0, 0.05) is 6.42 Å². The van der Waals surface area contributed by atoms with Gasteiger partial charge in [-0.05, 0) is 39.9 Å². The van der Waals surface area contributed by atoms with Gasteiger partial charge in [-0.3, -0.25) is 19.3 Å². The molecule has 0 fully saturated rings. The standard InChI is InChI=1S/C36H28N2O3/c39-34(32(24-25-12-4-1-5-13-25)38-35(40)30-18-10-11-19-31(30)36(38)41)37-33(28-16-8-3-9-17-28)29-22-20-27(21-23-29)26-14-6-2-7-15-26/h1-23,32-33H,24H2,(H,37,39)/t32-,33+/m1/s1. The van der Waals surface area contributed by atoms with Crippen LogP contribution in [0, 0.1) is 0 Å². The Morgan fingerprint density at radius 3 is 1.61 bits per heavy atom. The lowest BCUT2D eigenvalue weighted by atomic mass is 9.95. The van der Waals surface area contributed by atoms with Crippen LogP contribution >= 0.6 is 0 Å². The molecule has 41 heavy (non-hydrogen) atoms. The molecule has 0 radical (unpaired) electrons. The van der Waals surface area contributed by atoms with Crippen molar-refractivity contribution in [1.82, 2.24) is 10.2 Å². The Bertz CT molecular complexity index is 1650. The third-order valence-electron chi connectivity index (χ3n) is 7.48. The Morgan fingerprint density at radius 1 is 0.561 bits per heavy atom. The van der Waals surface area contributed by atoms with Crippen LogP contribution in [0.25, 0.3) is 11.1 Å². The SMILES string of the molecule is O=C(N[C@@H](c1ccccc1)c1ccc(-c2ccccc2)cc1)[C@@H](Cc1ccccc1)N1C(=O)c2ccccc2C1=O. The summed E-state index contributed by atoms with van der Waals surface area (Å²) in [5.74, 6) is -1.31. The molecule has 5 heteroatoms. The normalized spacial score (nSPS) is 13.9. The highest BCUT2D eigenvalue weighted by Crippen LogP contribution is 2.29. The average molecular weight is 537 g/mol. The molecule has 5 aromatic carbocycles. The highest BCUT2D eigenvalue weighted by atomic mass is 16.2. The third-order valence-corrected chi connectivity index (χ3v) is 7.48. The van der Waals surface area contributed by atoms with Gasteiger partial charge in [-0.15, -0.1) is 0 Å². The molecule has 0 aliphatic carbocycles. The van der Waals surface area contributed by atoms with Gasteiger partial charge in [-0.2, -0.15) is 0 Å². The fraction of sp³-hybridized carbons (Fsp3) is 0.0833. The van der Waals surface area contributed by atoms with E-state index in [0.29, 0.717) is 11.1 Å². The van der Waals surface area contributed by atoms with Crippen molar-refractivity contribution in [1.29, 1.82) is 0 Å². The molecule has 0 spiro atoms. The van der Waals surface area contributed by atoms with Crippen LogP contribution in [-0.2, 0) is 11.2 Å². The summed E-state index contributed by atoms with van der Waals surface area (Å²) >= 11 is 0. The van der Waals surface area contributed by atoms with Crippen molar-refractivity contribution >= 4 is 17.7 Å². The second-order valence-electron chi connectivity index (χ2n) is 10.1. The maximum Gasteiger partial charge on any atom is 0.262 e. The Morgan fingerprint density at radius 2 is 1.02 bits per heavy atom. The molecule has 0 aromatic heterocycles. The molecule has 200 valence electrons. The number of nitrogens with one attached hydrogen (secondary N) is 1. The topological polar surface area (TPSA) is 66.5 Å². The van der Waals surface area contributed by atoms with Gasteiger partial charge in [0.25, 0.3) is 11.8 Å². The lowest BCUT2D eigenvalue weighted by Gasteiger charge is -2.28. The van der Waals surface area contributed by atoms with Gasteiger partial charge in [-0.1, -0.05) is 127 Å². The zero-order valence-electron chi connectivity index (χ0n) is 22.3. The molecule has 6 rings (SSSR count). The van der Waals surface area contributed by atoms with Crippen molar-refractivity contribution < 1.29 is 14.4 Å². The van der Waals surface area contributed by atoms with Crippen molar-refractivity contribution in [3.05, 3.63) is 167 Å². The smallest absolute Gasteiger partial charge is 0.262 e. The first kappa shape index (κ1) is 26.0. The molecule has 0 unspecified atom stereocenters. The van der Waals surface area contributed by atoms with Crippen molar-refractivity contribution in [3.8, 4) is 11.1 Å². The van der Waals surface area contributed by atoms with E-state index >= 15 is 0 Å². The van der Waals surface area contributed by atoms with Crippen LogP contribution in [0.15, 0.2) is 140 Å². The number of carbonyl (C=O) groups is 3. The maximum absolute atomic E-state index is 14.2. The fourth-order valence-electron chi connectivity index (χ4n) is 5.37. The predicted octanol–water partition coefficient (Wildman–Crippen LogP) is 6.47. The van der Waals surface area contributed by atoms with Crippen molar-refractivity contribution in [3.63, 3.8) is 0 Å². The minimum Gasteiger partial charge on any atom is -0.343 e. The van der Waals surface area contributed by atoms with Crippen LogP contribution < -0.4 is 5.32 Å². The molecule has 1 aliphatic rings. The molecule has 5 nitrogen and oxygen atoms in total. The van der Waals surface area contributed by atoms with E-state index in [4.69, 9.17) is 0 Å². The van der Waals surface area contributed by atoms with Crippen molar-refractivity contribution in [2.75, 3.05) is 0 Å². The number of hydrogen-bond acceptors (Lipinski definition) is 3. The summed E-state index contributed by atoms with van der Waals surface area (Å²) in [6.07, 6.45) is 0.201. The van der Waals surface area contributed by atoms with Gasteiger partial charge in [-0.25, -0.2) is 0 Å². The number of fused-ring (bicyclic) bond motifs is 1. The predicted molar refractivity (Wildman–Crippen MR) is 159 cm³/mol. The molecule has 3 amide bonds. The minimum atomic E-state index is -1.03. The summed E-state index contributed by atoms with van der Waals surface area (Å²) in [7, 11) is 0. The molecule has 1 heterocycles. The lowest BCUT2D eigenvalue weighted by molar-refractivity contribution is -0.125. The van der Waals surface area contributed by atoms with Crippen LogP contribution in [0.1, 0.15) is 43.4 Å². The molecular formula is C36H28N2O3. The second-order valence-corrected chi connectivity index (χ2v) is 10.1. The number of amides is 3. The van der Waals surface area contributed by atoms with E-state index in [-0.39, 0.29) is 6.42 Å². The Kier molecular flexibility index (Phi) is 7.25. The number of nitrogens with zero attached hydrogens (tertiary/aromatic N) is 1. The molecule has 0 saturated carbocycles. The largest absolute Gasteiger partial charge is 0.343 e. The first-order chi connectivity index (χ1) is 20.1. The van der Waals surface area contributed by atoms with E-state index in [9.17, 15) is 14.4 Å². The number of benzene rings is 5. The third kappa shape index (κ3) is 5.30. The van der Waals surface area contributed by atoms with Crippen molar-refractivity contribution in [2.45, 2.75) is 18.5 Å². The van der Waals surface area contributed by atoms with Gasteiger partial charge in [0.15, 0.2) is 0 Å². The number of rotatable bonds is 8. The monoisotopic (exact) mass is 536 g/mol. The van der Waals surface area contributed by atoms with E-state index < -0.39 is 29.8 Å². The molecule has 1 N–H and O–H groups in total. The molecule has 2 atom stereocenters. The first-order valence-corrected chi connectivity index (χ1v) is 13.6. The average Bonchev–Trinajstić information content (AvgIpc) is 3.29. The second kappa shape index (κ2) is 11.4. The van der Waals surface area contributed by atoms with E-state index in [1.165, 1.54) is 0 Å². The van der Waals surface area contributed by atoms with Gasteiger partial charge in [0.05, 0.1) is 17.2 Å². The number of imide groups is 1. The zero-order valence-corrected chi connectivity index (χ0v) is 22.3. The number of carbonyl (C=O) groups excluding carboxylic acids is 3. The quantitative estimate of drug-likeness (QED) is 0.231. The van der Waals surface area contributed by atoms with Crippen molar-refractivity contribution in [2.24, 2.45) is 0 Å². The van der Waals surface area contributed by atoms with Gasteiger partial charge >= 0.3 is 0 Å². The van der Waals surface area contributed by atoms with Gasteiger partial charge in [0.2, 0.25) is 5.91 Å². The van der Waals surface area contributed by atoms with Crippen LogP contribution in [0.2, 0.25) is 0 Å². The maximum atomic E-state index is 14.2. The minimum absolute atomic E-state index is 0.201.